The molecule has 0 amide bonds. The number of fused-ring (bicyclic) bond motifs is 3. The highest BCUT2D eigenvalue weighted by Gasteiger charge is 2.32. The second-order valence-corrected chi connectivity index (χ2v) is 13.5. The number of aromatic nitrogens is 1. The first-order valence-electron chi connectivity index (χ1n) is 13.5. The molecule has 0 radical (unpaired) electrons. The van der Waals surface area contributed by atoms with E-state index in [-0.39, 0.29) is 11.6 Å². The summed E-state index contributed by atoms with van der Waals surface area (Å²) in [4.78, 5) is 20.0. The number of benzene rings is 4. The van der Waals surface area contributed by atoms with E-state index < -0.39 is 0 Å². The summed E-state index contributed by atoms with van der Waals surface area (Å²) in [6.07, 6.45) is 3.66. The lowest BCUT2D eigenvalue weighted by Gasteiger charge is -2.30. The summed E-state index contributed by atoms with van der Waals surface area (Å²) in [6.45, 7) is 0.409. The van der Waals surface area contributed by atoms with Crippen LogP contribution in [0.3, 0.4) is 0 Å². The SMILES string of the molecule is O=c1/c(=C\c2cc(Br)cc(Br)c2OCc2ccccc2)sc2n1[C@@H](c1ccc(Cl)cc1)C1=C(N=2)c2ccccc2CC1. The van der Waals surface area contributed by atoms with E-state index in [0.717, 1.165) is 55.3 Å². The lowest BCUT2D eigenvalue weighted by atomic mass is 9.83. The standard InChI is InChI=1S/C34H23Br2ClN2O2S/c35-24-16-23(32(28(36)18-24)41-19-20-6-2-1-3-7-20)17-29-33(40)39-31(22-10-13-25(37)14-11-22)27-15-12-21-8-4-5-9-26(21)30(27)38-34(39)42-29/h1-11,13-14,16-18,31H,12,15,19H2/b29-17+/t31-/m0/s1. The van der Waals surface area contributed by atoms with Crippen LogP contribution in [0.5, 0.6) is 5.75 Å². The molecule has 0 N–H and O–H groups in total. The molecule has 208 valence electrons. The van der Waals surface area contributed by atoms with Crippen LogP contribution in [0.2, 0.25) is 5.02 Å². The number of allylic oxidation sites excluding steroid dienone is 1. The van der Waals surface area contributed by atoms with Gasteiger partial charge in [-0.05, 0) is 81.4 Å². The van der Waals surface area contributed by atoms with Crippen LogP contribution in [-0.2, 0) is 13.0 Å². The zero-order valence-corrected chi connectivity index (χ0v) is 26.9. The van der Waals surface area contributed by atoms with E-state index >= 15 is 0 Å². The molecule has 0 saturated carbocycles. The van der Waals surface area contributed by atoms with Gasteiger partial charge < -0.3 is 4.74 Å². The zero-order valence-electron chi connectivity index (χ0n) is 22.2. The molecule has 1 aliphatic heterocycles. The summed E-state index contributed by atoms with van der Waals surface area (Å²) < 4.78 is 10.4. The Labute approximate surface area is 268 Å². The third-order valence-electron chi connectivity index (χ3n) is 7.61. The van der Waals surface area contributed by atoms with Gasteiger partial charge in [-0.15, -0.1) is 0 Å². The first-order valence-corrected chi connectivity index (χ1v) is 16.3. The van der Waals surface area contributed by atoms with Crippen molar-refractivity contribution in [3.8, 4) is 5.75 Å². The average Bonchev–Trinajstić information content (AvgIpc) is 3.30. The molecule has 0 unspecified atom stereocenters. The Hall–Kier alpha value is -3.23. The number of thiazole rings is 1. The summed E-state index contributed by atoms with van der Waals surface area (Å²) in [6, 6.07) is 29.9. The van der Waals surface area contributed by atoms with Crippen molar-refractivity contribution in [2.45, 2.75) is 25.5 Å². The Balaban J connectivity index is 1.40. The van der Waals surface area contributed by atoms with Gasteiger partial charge in [-0.2, -0.15) is 0 Å². The van der Waals surface area contributed by atoms with Gasteiger partial charge in [0, 0.05) is 20.6 Å². The van der Waals surface area contributed by atoms with Gasteiger partial charge in [0.05, 0.1) is 20.7 Å². The summed E-state index contributed by atoms with van der Waals surface area (Å²) in [5.41, 5.74) is 7.37. The van der Waals surface area contributed by atoms with Crippen LogP contribution >= 0.6 is 54.8 Å². The normalized spacial score (nSPS) is 16.0. The monoisotopic (exact) mass is 716 g/mol. The topological polar surface area (TPSA) is 43.6 Å². The highest BCUT2D eigenvalue weighted by atomic mass is 79.9. The fourth-order valence-electron chi connectivity index (χ4n) is 5.68. The van der Waals surface area contributed by atoms with E-state index in [0.29, 0.717) is 26.7 Å². The van der Waals surface area contributed by atoms with E-state index in [9.17, 15) is 4.79 Å². The van der Waals surface area contributed by atoms with E-state index in [1.807, 2.05) is 77.4 Å². The summed E-state index contributed by atoms with van der Waals surface area (Å²) in [5, 5.41) is 0.664. The minimum absolute atomic E-state index is 0.0748. The number of hydrogen-bond acceptors (Lipinski definition) is 4. The third kappa shape index (κ3) is 5.13. The fraction of sp³-hybridized carbons (Fsp3) is 0.118. The molecule has 0 bridgehead atoms. The van der Waals surface area contributed by atoms with Crippen LogP contribution < -0.4 is 19.6 Å². The summed E-state index contributed by atoms with van der Waals surface area (Å²) in [7, 11) is 0. The van der Waals surface area contributed by atoms with Crippen LogP contribution in [0, 0.1) is 0 Å². The predicted octanol–water partition coefficient (Wildman–Crippen LogP) is 8.08. The van der Waals surface area contributed by atoms with Crippen molar-refractivity contribution in [2.24, 2.45) is 4.99 Å². The number of ether oxygens (including phenoxy) is 1. The molecule has 1 aliphatic carbocycles. The van der Waals surface area contributed by atoms with Gasteiger partial charge in [-0.3, -0.25) is 9.36 Å². The lowest BCUT2D eigenvalue weighted by Crippen LogP contribution is -2.38. The Morgan fingerprint density at radius 3 is 2.55 bits per heavy atom. The van der Waals surface area contributed by atoms with E-state index in [1.54, 1.807) is 0 Å². The van der Waals surface area contributed by atoms with Crippen LogP contribution in [0.4, 0.5) is 0 Å². The molecule has 0 spiro atoms. The molecule has 1 aromatic heterocycles. The largest absolute Gasteiger partial charge is 0.487 e. The van der Waals surface area contributed by atoms with Crippen LogP contribution in [-0.4, -0.2) is 4.57 Å². The number of aryl methyl sites for hydroxylation is 1. The first kappa shape index (κ1) is 27.6. The molecule has 7 rings (SSSR count). The maximum atomic E-state index is 14.2. The van der Waals surface area contributed by atoms with E-state index in [1.165, 1.54) is 16.9 Å². The molecule has 4 nitrogen and oxygen atoms in total. The number of nitrogens with zero attached hydrogens (tertiary/aromatic N) is 2. The highest BCUT2D eigenvalue weighted by molar-refractivity contribution is 9.11. The Morgan fingerprint density at radius 2 is 1.74 bits per heavy atom. The van der Waals surface area contributed by atoms with Gasteiger partial charge in [-0.1, -0.05) is 106 Å². The lowest BCUT2D eigenvalue weighted by molar-refractivity contribution is 0.303. The summed E-state index contributed by atoms with van der Waals surface area (Å²) in [5.74, 6) is 0.676. The van der Waals surface area contributed by atoms with Crippen molar-refractivity contribution in [1.82, 2.24) is 4.57 Å². The van der Waals surface area contributed by atoms with E-state index in [4.69, 9.17) is 21.3 Å². The molecule has 0 fully saturated rings. The van der Waals surface area contributed by atoms with Gasteiger partial charge in [0.1, 0.15) is 12.4 Å². The third-order valence-corrected chi connectivity index (χ3v) is 9.89. The van der Waals surface area contributed by atoms with Gasteiger partial charge in [0.15, 0.2) is 4.80 Å². The number of halogens is 3. The predicted molar refractivity (Wildman–Crippen MR) is 177 cm³/mol. The smallest absolute Gasteiger partial charge is 0.271 e. The first-order chi connectivity index (χ1) is 20.5. The molecule has 0 saturated heterocycles. The minimum Gasteiger partial charge on any atom is -0.487 e. The molecule has 4 aromatic carbocycles. The van der Waals surface area contributed by atoms with Crippen molar-refractivity contribution in [3.05, 3.63) is 158 Å². The maximum absolute atomic E-state index is 14.2. The van der Waals surface area contributed by atoms with Crippen LogP contribution in [0.25, 0.3) is 11.8 Å². The van der Waals surface area contributed by atoms with Crippen LogP contribution in [0.15, 0.2) is 115 Å². The fourth-order valence-corrected chi connectivity index (χ4v) is 8.17. The molecule has 2 heterocycles. The second kappa shape index (κ2) is 11.5. The Kier molecular flexibility index (Phi) is 7.53. The Morgan fingerprint density at radius 1 is 0.976 bits per heavy atom. The molecule has 2 aliphatic rings. The number of hydrogen-bond donors (Lipinski definition) is 0. The molecular weight excluding hydrogens is 696 g/mol. The zero-order chi connectivity index (χ0) is 28.8. The molecule has 8 heteroatoms. The van der Waals surface area contributed by atoms with Crippen molar-refractivity contribution < 1.29 is 4.74 Å². The van der Waals surface area contributed by atoms with Gasteiger partial charge in [0.2, 0.25) is 0 Å². The minimum atomic E-state index is -0.257. The molecule has 42 heavy (non-hydrogen) atoms. The molecule has 5 aromatic rings. The van der Waals surface area contributed by atoms with Crippen molar-refractivity contribution in [2.75, 3.05) is 0 Å². The molecular formula is C34H23Br2ClN2O2S. The van der Waals surface area contributed by atoms with Crippen molar-refractivity contribution >= 4 is 66.6 Å². The average molecular weight is 719 g/mol. The van der Waals surface area contributed by atoms with Gasteiger partial charge >= 0.3 is 0 Å². The quantitative estimate of drug-likeness (QED) is 0.185. The van der Waals surface area contributed by atoms with Gasteiger partial charge in [-0.25, -0.2) is 4.99 Å². The number of rotatable bonds is 5. The molecule has 1 atom stereocenters. The van der Waals surface area contributed by atoms with Crippen molar-refractivity contribution in [1.29, 1.82) is 0 Å². The summed E-state index contributed by atoms with van der Waals surface area (Å²) >= 11 is 15.0. The van der Waals surface area contributed by atoms with Crippen molar-refractivity contribution in [3.63, 3.8) is 0 Å². The van der Waals surface area contributed by atoms with E-state index in [2.05, 4.69) is 56.1 Å². The maximum Gasteiger partial charge on any atom is 0.271 e. The van der Waals surface area contributed by atoms with Crippen LogP contribution in [0.1, 0.15) is 40.3 Å². The second-order valence-electron chi connectivity index (χ2n) is 10.2. The highest BCUT2D eigenvalue weighted by Crippen LogP contribution is 2.41. The van der Waals surface area contributed by atoms with Gasteiger partial charge in [0.25, 0.3) is 5.56 Å². The Bertz CT molecular complexity index is 2050.